The van der Waals surface area contributed by atoms with Gasteiger partial charge >= 0.3 is 5.97 Å². The summed E-state index contributed by atoms with van der Waals surface area (Å²) in [6.07, 6.45) is 4.82. The van der Waals surface area contributed by atoms with E-state index in [2.05, 4.69) is 4.98 Å². The topological polar surface area (TPSA) is 97.2 Å². The van der Waals surface area contributed by atoms with Gasteiger partial charge in [-0.15, -0.1) is 5.06 Å². The number of nitrogens with zero attached hydrogens (tertiary/aromatic N) is 4. The lowest BCUT2D eigenvalue weighted by Crippen LogP contribution is -2.61. The predicted molar refractivity (Wildman–Crippen MR) is 114 cm³/mol. The first-order chi connectivity index (χ1) is 15.5. The summed E-state index contributed by atoms with van der Waals surface area (Å²) < 4.78 is 19.9. The highest BCUT2D eigenvalue weighted by Gasteiger charge is 2.56. The van der Waals surface area contributed by atoms with E-state index in [1.54, 1.807) is 29.7 Å². The molecular formula is C23H22FN5O3. The molecule has 1 saturated heterocycles. The summed E-state index contributed by atoms with van der Waals surface area (Å²) in [7, 11) is 0. The highest BCUT2D eigenvalue weighted by atomic mass is 19.1. The number of nitrogens with two attached hydrogens (primary N) is 1. The maximum atomic E-state index is 14.4. The van der Waals surface area contributed by atoms with Crippen LogP contribution in [0.3, 0.4) is 0 Å². The molecule has 4 heterocycles. The molecule has 3 aromatic rings. The molecule has 2 aliphatic rings. The first kappa shape index (κ1) is 20.2. The zero-order chi connectivity index (χ0) is 22.3. The van der Waals surface area contributed by atoms with Crippen molar-refractivity contribution in [2.45, 2.75) is 25.0 Å². The number of benzene rings is 1. The number of rotatable bonds is 4. The van der Waals surface area contributed by atoms with Gasteiger partial charge in [0.2, 0.25) is 5.95 Å². The van der Waals surface area contributed by atoms with Crippen molar-refractivity contribution < 1.29 is 18.4 Å². The molecule has 2 aromatic heterocycles. The number of pyridine rings is 1. The quantitative estimate of drug-likeness (QED) is 0.630. The number of carbonyl (C=O) groups is 1. The third-order valence-electron chi connectivity index (χ3n) is 5.88. The SMILES string of the molecule is CC(=O)ON1CCCN2C(N)=NC(c3ccoc3)(c3cccc(-c4cccnc4F)c3)C12. The van der Waals surface area contributed by atoms with Gasteiger partial charge in [0.05, 0.1) is 12.5 Å². The second kappa shape index (κ2) is 7.76. The molecule has 5 rings (SSSR count). The van der Waals surface area contributed by atoms with E-state index in [1.807, 2.05) is 35.2 Å². The van der Waals surface area contributed by atoms with Gasteiger partial charge < -0.3 is 19.9 Å². The zero-order valence-corrected chi connectivity index (χ0v) is 17.4. The van der Waals surface area contributed by atoms with E-state index in [4.69, 9.17) is 20.0 Å². The number of hydrogen-bond donors (Lipinski definition) is 1. The van der Waals surface area contributed by atoms with Crippen LogP contribution in [0.2, 0.25) is 0 Å². The fourth-order valence-corrected chi connectivity index (χ4v) is 4.63. The summed E-state index contributed by atoms with van der Waals surface area (Å²) in [6.45, 7) is 2.55. The Balaban J connectivity index is 1.71. The van der Waals surface area contributed by atoms with E-state index in [-0.39, 0.29) is 0 Å². The van der Waals surface area contributed by atoms with Gasteiger partial charge in [-0.3, -0.25) is 4.79 Å². The monoisotopic (exact) mass is 435 g/mol. The van der Waals surface area contributed by atoms with Crippen molar-refractivity contribution in [1.29, 1.82) is 0 Å². The van der Waals surface area contributed by atoms with E-state index in [0.717, 1.165) is 17.5 Å². The fraction of sp³-hybridized carbons (Fsp3) is 0.261. The van der Waals surface area contributed by atoms with Crippen LogP contribution in [0.5, 0.6) is 0 Å². The van der Waals surface area contributed by atoms with Crippen molar-refractivity contribution in [2.75, 3.05) is 13.1 Å². The van der Waals surface area contributed by atoms with Crippen LogP contribution in [0.4, 0.5) is 4.39 Å². The lowest BCUT2D eigenvalue weighted by Gasteiger charge is -2.45. The molecule has 0 aliphatic carbocycles. The first-order valence-corrected chi connectivity index (χ1v) is 10.3. The Kier molecular flexibility index (Phi) is 4.90. The molecule has 0 bridgehead atoms. The van der Waals surface area contributed by atoms with Gasteiger partial charge in [0.25, 0.3) is 0 Å². The molecular weight excluding hydrogens is 413 g/mol. The van der Waals surface area contributed by atoms with Gasteiger partial charge in [0, 0.05) is 37.3 Å². The Hall–Kier alpha value is -3.72. The standard InChI is InChI=1S/C23H22FN5O3/c1-15(30)32-29-11-4-10-28-21(29)23(27-22(28)25,18-8-12-31-14-18)17-6-2-5-16(13-17)19-7-3-9-26-20(19)24/h2-3,5-9,12-14,21H,4,10-11H2,1H3,(H2,25,27). The summed E-state index contributed by atoms with van der Waals surface area (Å²) in [4.78, 5) is 28.1. The Morgan fingerprint density at radius 1 is 1.25 bits per heavy atom. The largest absolute Gasteiger partial charge is 0.472 e. The minimum Gasteiger partial charge on any atom is -0.472 e. The molecule has 2 unspecified atom stereocenters. The number of carbonyl (C=O) groups excluding carboxylic acids is 1. The van der Waals surface area contributed by atoms with Crippen LogP contribution in [0.15, 0.2) is 70.6 Å². The third kappa shape index (κ3) is 3.13. The van der Waals surface area contributed by atoms with Gasteiger partial charge in [-0.1, -0.05) is 18.2 Å². The van der Waals surface area contributed by atoms with Crippen molar-refractivity contribution in [3.63, 3.8) is 0 Å². The van der Waals surface area contributed by atoms with E-state index >= 15 is 0 Å². The molecule has 2 atom stereocenters. The fourth-order valence-electron chi connectivity index (χ4n) is 4.63. The highest BCUT2D eigenvalue weighted by Crippen LogP contribution is 2.47. The number of aromatic nitrogens is 1. The molecule has 0 saturated carbocycles. The maximum Gasteiger partial charge on any atom is 0.322 e. The van der Waals surface area contributed by atoms with Crippen molar-refractivity contribution in [2.24, 2.45) is 10.7 Å². The summed E-state index contributed by atoms with van der Waals surface area (Å²) >= 11 is 0. The summed E-state index contributed by atoms with van der Waals surface area (Å²) in [5.74, 6) is -0.645. The molecule has 9 heteroatoms. The molecule has 164 valence electrons. The van der Waals surface area contributed by atoms with Gasteiger partial charge in [0.1, 0.15) is 0 Å². The van der Waals surface area contributed by atoms with Crippen molar-refractivity contribution >= 4 is 11.9 Å². The highest BCUT2D eigenvalue weighted by molar-refractivity contribution is 5.83. The van der Waals surface area contributed by atoms with Gasteiger partial charge in [-0.05, 0) is 41.8 Å². The predicted octanol–water partition coefficient (Wildman–Crippen LogP) is 2.86. The van der Waals surface area contributed by atoms with Crippen LogP contribution in [0.1, 0.15) is 24.5 Å². The molecule has 32 heavy (non-hydrogen) atoms. The van der Waals surface area contributed by atoms with Crippen LogP contribution in [0.25, 0.3) is 11.1 Å². The second-order valence-electron chi connectivity index (χ2n) is 7.82. The number of guanidine groups is 1. The van der Waals surface area contributed by atoms with Crippen LogP contribution in [-0.2, 0) is 15.2 Å². The van der Waals surface area contributed by atoms with Crippen LogP contribution < -0.4 is 5.73 Å². The molecule has 2 N–H and O–H groups in total. The molecule has 1 fully saturated rings. The van der Waals surface area contributed by atoms with E-state index in [0.29, 0.717) is 30.2 Å². The molecule has 0 amide bonds. The Morgan fingerprint density at radius 2 is 2.12 bits per heavy atom. The zero-order valence-electron chi connectivity index (χ0n) is 17.4. The van der Waals surface area contributed by atoms with Crippen molar-refractivity contribution in [3.8, 4) is 11.1 Å². The van der Waals surface area contributed by atoms with Gasteiger partial charge in [-0.25, -0.2) is 9.98 Å². The number of aliphatic imine (C=N–C) groups is 1. The van der Waals surface area contributed by atoms with Crippen molar-refractivity contribution in [3.05, 3.63) is 78.3 Å². The Morgan fingerprint density at radius 3 is 2.88 bits per heavy atom. The molecule has 1 aromatic carbocycles. The molecule has 0 spiro atoms. The summed E-state index contributed by atoms with van der Waals surface area (Å²) in [5.41, 5.74) is 7.86. The molecule has 0 radical (unpaired) electrons. The molecule has 2 aliphatic heterocycles. The van der Waals surface area contributed by atoms with Crippen LogP contribution >= 0.6 is 0 Å². The van der Waals surface area contributed by atoms with Crippen LogP contribution in [0, 0.1) is 5.95 Å². The normalized spacial score (nSPS) is 23.0. The van der Waals surface area contributed by atoms with E-state index < -0.39 is 23.6 Å². The molecule has 8 nitrogen and oxygen atoms in total. The van der Waals surface area contributed by atoms with Gasteiger partial charge in [-0.2, -0.15) is 4.39 Å². The van der Waals surface area contributed by atoms with Crippen LogP contribution in [-0.4, -0.2) is 46.1 Å². The van der Waals surface area contributed by atoms with E-state index in [9.17, 15) is 9.18 Å². The minimum absolute atomic E-state index is 0.339. The Labute approximate surface area is 184 Å². The minimum atomic E-state index is -1.05. The smallest absolute Gasteiger partial charge is 0.322 e. The summed E-state index contributed by atoms with van der Waals surface area (Å²) in [5, 5.41) is 1.62. The number of hydrogen-bond acceptors (Lipinski definition) is 8. The second-order valence-corrected chi connectivity index (χ2v) is 7.82. The lowest BCUT2D eigenvalue weighted by molar-refractivity contribution is -0.226. The number of hydroxylamine groups is 2. The number of furan rings is 1. The summed E-state index contributed by atoms with van der Waals surface area (Å²) in [6, 6.07) is 12.6. The average molecular weight is 435 g/mol. The van der Waals surface area contributed by atoms with E-state index in [1.165, 1.54) is 13.1 Å². The Bertz CT molecular complexity index is 1180. The maximum absolute atomic E-state index is 14.4. The van der Waals surface area contributed by atoms with Crippen molar-refractivity contribution in [1.82, 2.24) is 14.9 Å². The van der Waals surface area contributed by atoms with Gasteiger partial charge in [0.15, 0.2) is 17.7 Å². The number of fused-ring (bicyclic) bond motifs is 1. The lowest BCUT2D eigenvalue weighted by atomic mass is 9.80. The first-order valence-electron chi connectivity index (χ1n) is 10.3. The number of halogens is 1. The average Bonchev–Trinajstić information content (AvgIpc) is 3.42. The third-order valence-corrected chi connectivity index (χ3v) is 5.88.